The number of aryl methyl sites for hydroxylation is 1. The number of rotatable bonds is 4. The van der Waals surface area contributed by atoms with E-state index in [0.717, 1.165) is 4.90 Å². The zero-order valence-electron chi connectivity index (χ0n) is 9.81. The van der Waals surface area contributed by atoms with Crippen LogP contribution in [0.15, 0.2) is 40.4 Å². The van der Waals surface area contributed by atoms with Gasteiger partial charge in [0.25, 0.3) is 5.69 Å². The second kappa shape index (κ2) is 5.11. The molecule has 0 aliphatic carbocycles. The van der Waals surface area contributed by atoms with Gasteiger partial charge in [0.2, 0.25) is 0 Å². The number of nitro benzene ring substituents is 1. The van der Waals surface area contributed by atoms with Crippen molar-refractivity contribution >= 4 is 23.4 Å². The van der Waals surface area contributed by atoms with E-state index in [1.54, 1.807) is 24.1 Å². The van der Waals surface area contributed by atoms with Crippen molar-refractivity contribution < 1.29 is 14.8 Å². The lowest BCUT2D eigenvalue weighted by molar-refractivity contribution is -0.385. The first-order valence-corrected chi connectivity index (χ1v) is 5.97. The fraction of sp³-hybridized carbons (Fsp3) is 0.0909. The Morgan fingerprint density at radius 3 is 2.74 bits per heavy atom. The topological polar surface area (TPSA) is 98.3 Å². The maximum absolute atomic E-state index is 10.9. The molecule has 0 amide bonds. The number of carboxylic acids is 1. The summed E-state index contributed by atoms with van der Waals surface area (Å²) in [7, 11) is 1.76. The Labute approximate surface area is 112 Å². The normalized spacial score (nSPS) is 10.4. The van der Waals surface area contributed by atoms with E-state index in [-0.39, 0.29) is 5.56 Å². The van der Waals surface area contributed by atoms with Gasteiger partial charge in [-0.05, 0) is 12.1 Å². The molecule has 1 heterocycles. The summed E-state index contributed by atoms with van der Waals surface area (Å²) < 4.78 is 1.61. The fourth-order valence-electron chi connectivity index (χ4n) is 1.49. The molecule has 98 valence electrons. The third kappa shape index (κ3) is 2.91. The van der Waals surface area contributed by atoms with E-state index in [1.807, 2.05) is 0 Å². The summed E-state index contributed by atoms with van der Waals surface area (Å²) >= 11 is 1.28. The van der Waals surface area contributed by atoms with Gasteiger partial charge in [-0.1, -0.05) is 11.8 Å². The van der Waals surface area contributed by atoms with Crippen molar-refractivity contribution in [3.8, 4) is 0 Å². The fourth-order valence-corrected chi connectivity index (χ4v) is 2.38. The molecule has 19 heavy (non-hydrogen) atoms. The Morgan fingerprint density at radius 2 is 2.21 bits per heavy atom. The van der Waals surface area contributed by atoms with Crippen LogP contribution in [0.2, 0.25) is 0 Å². The van der Waals surface area contributed by atoms with Gasteiger partial charge in [0.05, 0.1) is 16.0 Å². The monoisotopic (exact) mass is 279 g/mol. The number of carbonyl (C=O) groups is 1. The predicted octanol–water partition coefficient (Wildman–Crippen LogP) is 2.18. The third-order valence-electron chi connectivity index (χ3n) is 2.31. The molecule has 2 rings (SSSR count). The smallest absolute Gasteiger partial charge is 0.342 e. The Hall–Kier alpha value is -2.35. The number of aromatic carboxylic acids is 1. The predicted molar refractivity (Wildman–Crippen MR) is 67.4 cm³/mol. The highest BCUT2D eigenvalue weighted by atomic mass is 32.2. The van der Waals surface area contributed by atoms with E-state index in [0.29, 0.717) is 4.90 Å². The minimum atomic E-state index is -1.32. The number of nitro groups is 1. The van der Waals surface area contributed by atoms with Crippen molar-refractivity contribution in [1.82, 2.24) is 9.78 Å². The minimum absolute atomic E-state index is 0.319. The molecule has 1 aromatic heterocycles. The summed E-state index contributed by atoms with van der Waals surface area (Å²) in [5.74, 6) is -1.32. The summed E-state index contributed by atoms with van der Waals surface area (Å²) in [6.45, 7) is 0. The van der Waals surface area contributed by atoms with Crippen LogP contribution < -0.4 is 0 Å². The third-order valence-corrected chi connectivity index (χ3v) is 3.25. The Bertz CT molecular complexity index is 653. The maximum Gasteiger partial charge on any atom is 0.342 e. The van der Waals surface area contributed by atoms with Gasteiger partial charge in [0, 0.05) is 24.2 Å². The highest BCUT2D eigenvalue weighted by Crippen LogP contribution is 2.31. The van der Waals surface area contributed by atoms with E-state index in [4.69, 9.17) is 5.11 Å². The molecule has 8 heteroatoms. The summed E-state index contributed by atoms with van der Waals surface area (Å²) in [5.41, 5.74) is -0.734. The average Bonchev–Trinajstić information content (AvgIpc) is 2.74. The highest BCUT2D eigenvalue weighted by molar-refractivity contribution is 7.99. The number of nitrogens with zero attached hydrogens (tertiary/aromatic N) is 3. The van der Waals surface area contributed by atoms with Crippen LogP contribution in [-0.4, -0.2) is 25.8 Å². The second-order valence-corrected chi connectivity index (χ2v) is 4.84. The minimum Gasteiger partial charge on any atom is -0.477 e. The summed E-state index contributed by atoms with van der Waals surface area (Å²) in [4.78, 5) is 22.4. The van der Waals surface area contributed by atoms with Crippen LogP contribution in [0.4, 0.5) is 5.69 Å². The van der Waals surface area contributed by atoms with Gasteiger partial charge in [0.15, 0.2) is 0 Å². The maximum atomic E-state index is 10.9. The van der Waals surface area contributed by atoms with E-state index < -0.39 is 16.6 Å². The molecule has 0 aliphatic heterocycles. The van der Waals surface area contributed by atoms with Crippen LogP contribution in [0.3, 0.4) is 0 Å². The summed E-state index contributed by atoms with van der Waals surface area (Å²) in [5, 5.41) is 23.7. The van der Waals surface area contributed by atoms with Crippen molar-refractivity contribution in [3.63, 3.8) is 0 Å². The van der Waals surface area contributed by atoms with Crippen LogP contribution in [0.25, 0.3) is 0 Å². The van der Waals surface area contributed by atoms with Gasteiger partial charge in [-0.2, -0.15) is 5.10 Å². The molecule has 0 unspecified atom stereocenters. The zero-order chi connectivity index (χ0) is 14.0. The highest BCUT2D eigenvalue weighted by Gasteiger charge is 2.20. The van der Waals surface area contributed by atoms with Crippen molar-refractivity contribution in [2.45, 2.75) is 9.79 Å². The van der Waals surface area contributed by atoms with Crippen molar-refractivity contribution in [3.05, 3.63) is 46.3 Å². The van der Waals surface area contributed by atoms with Gasteiger partial charge in [-0.15, -0.1) is 0 Å². The number of hydrogen-bond donors (Lipinski definition) is 1. The summed E-state index contributed by atoms with van der Waals surface area (Å²) in [6.07, 6.45) is 3.39. The molecule has 0 radical (unpaired) electrons. The molecule has 0 bridgehead atoms. The lowest BCUT2D eigenvalue weighted by Gasteiger charge is -2.01. The zero-order valence-corrected chi connectivity index (χ0v) is 10.6. The van der Waals surface area contributed by atoms with Crippen molar-refractivity contribution in [2.24, 2.45) is 7.05 Å². The van der Waals surface area contributed by atoms with Crippen LogP contribution in [0.1, 0.15) is 10.4 Å². The van der Waals surface area contributed by atoms with Crippen molar-refractivity contribution in [1.29, 1.82) is 0 Å². The van der Waals surface area contributed by atoms with Crippen LogP contribution in [-0.2, 0) is 7.05 Å². The first-order valence-electron chi connectivity index (χ1n) is 5.15. The van der Waals surface area contributed by atoms with Gasteiger partial charge < -0.3 is 5.11 Å². The Kier molecular flexibility index (Phi) is 3.52. The standard InChI is InChI=1S/C11H9N3O4S/c1-13-6-8(5-12-13)19-7-2-3-9(11(15)16)10(4-7)14(17)18/h2-6H,1H3,(H,15,16). The molecular weight excluding hydrogens is 270 g/mol. The summed E-state index contributed by atoms with van der Waals surface area (Å²) in [6, 6.07) is 4.02. The molecule has 2 aromatic rings. The molecular formula is C11H9N3O4S. The Balaban J connectivity index is 2.35. The number of benzene rings is 1. The molecule has 0 saturated heterocycles. The molecule has 0 spiro atoms. The average molecular weight is 279 g/mol. The molecule has 1 N–H and O–H groups in total. The Morgan fingerprint density at radius 1 is 1.47 bits per heavy atom. The molecule has 0 atom stereocenters. The van der Waals surface area contributed by atoms with E-state index in [1.165, 1.54) is 30.0 Å². The van der Waals surface area contributed by atoms with Crippen LogP contribution in [0, 0.1) is 10.1 Å². The number of aromatic nitrogens is 2. The van der Waals surface area contributed by atoms with Gasteiger partial charge in [-0.25, -0.2) is 4.79 Å². The lowest BCUT2D eigenvalue weighted by atomic mass is 10.2. The largest absolute Gasteiger partial charge is 0.477 e. The lowest BCUT2D eigenvalue weighted by Crippen LogP contribution is -2.02. The van der Waals surface area contributed by atoms with Crippen molar-refractivity contribution in [2.75, 3.05) is 0 Å². The molecule has 0 saturated carbocycles. The van der Waals surface area contributed by atoms with Gasteiger partial charge in [0.1, 0.15) is 5.56 Å². The molecule has 7 nitrogen and oxygen atoms in total. The van der Waals surface area contributed by atoms with Gasteiger partial charge in [-0.3, -0.25) is 14.8 Å². The van der Waals surface area contributed by atoms with E-state index in [2.05, 4.69) is 5.10 Å². The second-order valence-electron chi connectivity index (χ2n) is 3.69. The quantitative estimate of drug-likeness (QED) is 0.680. The number of carboxylic acid groups (broad SMARTS) is 1. The van der Waals surface area contributed by atoms with Crippen LogP contribution >= 0.6 is 11.8 Å². The van der Waals surface area contributed by atoms with Crippen LogP contribution in [0.5, 0.6) is 0 Å². The molecule has 1 aromatic carbocycles. The van der Waals surface area contributed by atoms with E-state index in [9.17, 15) is 14.9 Å². The van der Waals surface area contributed by atoms with Gasteiger partial charge >= 0.3 is 5.97 Å². The first-order chi connectivity index (χ1) is 8.97. The van der Waals surface area contributed by atoms with E-state index >= 15 is 0 Å². The number of hydrogen-bond acceptors (Lipinski definition) is 5. The first kappa shape index (κ1) is 13.1. The molecule has 0 fully saturated rings. The SMILES string of the molecule is Cn1cc(Sc2ccc(C(=O)O)c([N+](=O)[O-])c2)cn1. The molecule has 0 aliphatic rings.